The number of rotatable bonds is 5. The average molecular weight is 365 g/mol. The maximum Gasteiger partial charge on any atom is 0.355 e. The molecular weight excluding hydrogens is 346 g/mol. The third kappa shape index (κ3) is 3.47. The number of aryl methyl sites for hydroxylation is 1. The molecule has 0 radical (unpaired) electrons. The summed E-state index contributed by atoms with van der Waals surface area (Å²) in [5, 5.41) is 9.56. The second-order valence-corrected chi connectivity index (χ2v) is 5.36. The number of anilines is 1. The lowest BCUT2D eigenvalue weighted by Gasteiger charge is -2.32. The van der Waals surface area contributed by atoms with Crippen LogP contribution in [0.1, 0.15) is 15.9 Å². The third-order valence-electron chi connectivity index (χ3n) is 3.87. The molecule has 9 nitrogen and oxygen atoms in total. The molecule has 0 atom stereocenters. The second-order valence-electron chi connectivity index (χ2n) is 5.36. The number of carboxylic acid groups (broad SMARTS) is 1. The zero-order valence-electron chi connectivity index (χ0n) is 14.8. The third-order valence-corrected chi connectivity index (χ3v) is 3.87. The van der Waals surface area contributed by atoms with Gasteiger partial charge in [-0.05, 0) is 24.6 Å². The Morgan fingerprint density at radius 3 is 2.31 bits per heavy atom. The lowest BCUT2D eigenvalue weighted by Crippen LogP contribution is -2.39. The second kappa shape index (κ2) is 7.87. The first-order valence-electron chi connectivity index (χ1n) is 7.52. The smallest absolute Gasteiger partial charge is 0.355 e. The van der Waals surface area contributed by atoms with Crippen molar-refractivity contribution in [3.63, 3.8) is 0 Å². The Bertz CT molecular complexity index is 783. The van der Waals surface area contributed by atoms with E-state index in [-0.39, 0.29) is 35.9 Å². The van der Waals surface area contributed by atoms with Crippen LogP contribution < -0.4 is 9.64 Å². The summed E-state index contributed by atoms with van der Waals surface area (Å²) in [6.07, 6.45) is 0. The van der Waals surface area contributed by atoms with E-state index in [0.717, 1.165) is 7.11 Å². The molecule has 1 aliphatic heterocycles. The van der Waals surface area contributed by atoms with Gasteiger partial charge in [-0.1, -0.05) is 0 Å². The zero-order valence-corrected chi connectivity index (χ0v) is 14.8. The molecule has 0 saturated heterocycles. The van der Waals surface area contributed by atoms with Gasteiger partial charge in [-0.15, -0.1) is 0 Å². The first-order valence-corrected chi connectivity index (χ1v) is 7.52. The van der Waals surface area contributed by atoms with Crippen molar-refractivity contribution in [3.05, 3.63) is 34.5 Å². The van der Waals surface area contributed by atoms with E-state index in [1.54, 1.807) is 6.92 Å². The number of aromatic carboxylic acids is 1. The van der Waals surface area contributed by atoms with E-state index in [1.165, 1.54) is 31.3 Å². The zero-order chi connectivity index (χ0) is 19.4. The number of benzene rings is 1. The number of hydrogen-bond donors (Lipinski definition) is 1. The summed E-state index contributed by atoms with van der Waals surface area (Å²) in [5.74, 6) is -2.43. The number of nitrogens with zero attached hydrogens (tertiary/aromatic N) is 1. The van der Waals surface area contributed by atoms with Crippen LogP contribution in [0.3, 0.4) is 0 Å². The number of carbonyl (C=O) groups is 3. The van der Waals surface area contributed by atoms with E-state index in [4.69, 9.17) is 14.2 Å². The first-order chi connectivity index (χ1) is 12.3. The first kappa shape index (κ1) is 19.3. The average Bonchev–Trinajstić information content (AvgIpc) is 2.65. The van der Waals surface area contributed by atoms with Crippen molar-refractivity contribution in [3.8, 4) is 5.75 Å². The fourth-order valence-corrected chi connectivity index (χ4v) is 2.62. The van der Waals surface area contributed by atoms with Crippen LogP contribution in [0.5, 0.6) is 5.75 Å². The van der Waals surface area contributed by atoms with Crippen molar-refractivity contribution in [1.29, 1.82) is 0 Å². The predicted molar refractivity (Wildman–Crippen MR) is 89.0 cm³/mol. The van der Waals surface area contributed by atoms with Gasteiger partial charge in [-0.2, -0.15) is 0 Å². The van der Waals surface area contributed by atoms with Crippen molar-refractivity contribution in [2.75, 3.05) is 39.6 Å². The van der Waals surface area contributed by atoms with Crippen molar-refractivity contribution < 1.29 is 38.4 Å². The van der Waals surface area contributed by atoms with Gasteiger partial charge < -0.3 is 29.0 Å². The quantitative estimate of drug-likeness (QED) is 0.766. The van der Waals surface area contributed by atoms with Gasteiger partial charge in [-0.3, -0.25) is 0 Å². The number of methoxy groups -OCH3 is 3. The molecule has 1 aliphatic rings. The SMILES string of the molecule is COC(=O)C1=C(C(=O)OC)N(c2cc(C)c(OC)cc2C(=O)O)COC1. The molecule has 0 spiro atoms. The molecule has 0 bridgehead atoms. The molecule has 140 valence electrons. The molecule has 0 saturated carbocycles. The summed E-state index contributed by atoms with van der Waals surface area (Å²) in [7, 11) is 3.76. The number of esters is 2. The van der Waals surface area contributed by atoms with Crippen molar-refractivity contribution in [1.82, 2.24) is 0 Å². The van der Waals surface area contributed by atoms with Crippen molar-refractivity contribution >= 4 is 23.6 Å². The van der Waals surface area contributed by atoms with Crippen molar-refractivity contribution in [2.24, 2.45) is 0 Å². The molecule has 9 heteroatoms. The molecule has 0 fully saturated rings. The Kier molecular flexibility index (Phi) is 5.83. The fourth-order valence-electron chi connectivity index (χ4n) is 2.62. The lowest BCUT2D eigenvalue weighted by molar-refractivity contribution is -0.140. The monoisotopic (exact) mass is 365 g/mol. The Balaban J connectivity index is 2.72. The molecule has 1 N–H and O–H groups in total. The van der Waals surface area contributed by atoms with Crippen LogP contribution in [0.4, 0.5) is 5.69 Å². The molecule has 2 rings (SSSR count). The standard InChI is InChI=1S/C17H19NO8/c1-9-5-12(10(15(19)20)6-13(9)23-2)18-8-26-7-11(16(21)24-3)14(18)17(22)25-4/h5-6H,7-8H2,1-4H3,(H,19,20). The summed E-state index contributed by atoms with van der Waals surface area (Å²) in [6.45, 7) is 1.42. The molecule has 1 aromatic rings. The van der Waals surface area contributed by atoms with E-state index < -0.39 is 17.9 Å². The van der Waals surface area contributed by atoms with Gasteiger partial charge in [0.2, 0.25) is 0 Å². The highest BCUT2D eigenvalue weighted by atomic mass is 16.5. The maximum absolute atomic E-state index is 12.3. The fraction of sp³-hybridized carbons (Fsp3) is 0.353. The van der Waals surface area contributed by atoms with E-state index in [2.05, 4.69) is 4.74 Å². The minimum atomic E-state index is -1.23. The van der Waals surface area contributed by atoms with Crippen LogP contribution in [0.25, 0.3) is 0 Å². The highest BCUT2D eigenvalue weighted by Crippen LogP contribution is 2.34. The molecule has 0 unspecified atom stereocenters. The minimum Gasteiger partial charge on any atom is -0.496 e. The Hall–Kier alpha value is -3.07. The Labute approximate surface area is 149 Å². The van der Waals surface area contributed by atoms with Gasteiger partial charge in [0.05, 0.1) is 44.8 Å². The molecular formula is C17H19NO8. The highest BCUT2D eigenvalue weighted by molar-refractivity contribution is 6.05. The maximum atomic E-state index is 12.3. The van der Waals surface area contributed by atoms with Crippen LogP contribution >= 0.6 is 0 Å². The van der Waals surface area contributed by atoms with E-state index in [1.807, 2.05) is 0 Å². The summed E-state index contributed by atoms with van der Waals surface area (Å²) in [5.41, 5.74) is 0.496. The lowest BCUT2D eigenvalue weighted by atomic mass is 10.0. The van der Waals surface area contributed by atoms with Gasteiger partial charge in [0, 0.05) is 0 Å². The summed E-state index contributed by atoms with van der Waals surface area (Å²) in [4.78, 5) is 37.3. The molecule has 1 heterocycles. The van der Waals surface area contributed by atoms with Gasteiger partial charge in [0.15, 0.2) is 0 Å². The van der Waals surface area contributed by atoms with E-state index in [0.29, 0.717) is 11.3 Å². The number of ether oxygens (including phenoxy) is 4. The highest BCUT2D eigenvalue weighted by Gasteiger charge is 2.34. The van der Waals surface area contributed by atoms with E-state index >= 15 is 0 Å². The van der Waals surface area contributed by atoms with Crippen LogP contribution in [-0.2, 0) is 23.8 Å². The Morgan fingerprint density at radius 2 is 1.77 bits per heavy atom. The number of hydrogen-bond acceptors (Lipinski definition) is 8. The van der Waals surface area contributed by atoms with Gasteiger partial charge >= 0.3 is 17.9 Å². The summed E-state index contributed by atoms with van der Waals surface area (Å²) < 4.78 is 20.0. The minimum absolute atomic E-state index is 0.0598. The number of carboxylic acids is 1. The van der Waals surface area contributed by atoms with E-state index in [9.17, 15) is 19.5 Å². The van der Waals surface area contributed by atoms with Crippen molar-refractivity contribution in [2.45, 2.75) is 6.92 Å². The van der Waals surface area contributed by atoms with Crippen LogP contribution in [0.15, 0.2) is 23.4 Å². The summed E-state index contributed by atoms with van der Waals surface area (Å²) >= 11 is 0. The van der Waals surface area contributed by atoms with Gasteiger partial charge in [-0.25, -0.2) is 14.4 Å². The van der Waals surface area contributed by atoms with Crippen LogP contribution in [-0.4, -0.2) is 57.7 Å². The largest absolute Gasteiger partial charge is 0.496 e. The molecule has 26 heavy (non-hydrogen) atoms. The normalized spacial score (nSPS) is 14.1. The molecule has 0 aliphatic carbocycles. The Morgan fingerprint density at radius 1 is 1.12 bits per heavy atom. The van der Waals surface area contributed by atoms with Gasteiger partial charge in [0.25, 0.3) is 0 Å². The van der Waals surface area contributed by atoms with Crippen LogP contribution in [0.2, 0.25) is 0 Å². The summed E-state index contributed by atoms with van der Waals surface area (Å²) in [6, 6.07) is 2.88. The van der Waals surface area contributed by atoms with Gasteiger partial charge in [0.1, 0.15) is 18.2 Å². The van der Waals surface area contributed by atoms with Crippen LogP contribution in [0, 0.1) is 6.92 Å². The molecule has 1 aromatic carbocycles. The predicted octanol–water partition coefficient (Wildman–Crippen LogP) is 1.10. The topological polar surface area (TPSA) is 112 Å². The number of carbonyl (C=O) groups excluding carboxylic acids is 2. The molecule has 0 amide bonds. The molecule has 0 aromatic heterocycles.